The summed E-state index contributed by atoms with van der Waals surface area (Å²) in [5.74, 6) is -0.945. The average Bonchev–Trinajstić information content (AvgIpc) is 2.65. The van der Waals surface area contributed by atoms with Crippen LogP contribution in [0.4, 0.5) is 11.4 Å². The normalized spacial score (nSPS) is 11.5. The van der Waals surface area contributed by atoms with Crippen molar-refractivity contribution < 1.29 is 24.0 Å². The van der Waals surface area contributed by atoms with E-state index >= 15 is 0 Å². The second-order valence-electron chi connectivity index (χ2n) is 7.45. The lowest BCUT2D eigenvalue weighted by Crippen LogP contribution is -3.11. The molecule has 1 unspecified atom stereocenters. The number of benzene rings is 2. The van der Waals surface area contributed by atoms with Crippen molar-refractivity contribution in [3.8, 4) is 0 Å². The molecular formula is C23H30N3O4+. The fourth-order valence-electron chi connectivity index (χ4n) is 3.34. The van der Waals surface area contributed by atoms with Gasteiger partial charge in [0.2, 0.25) is 0 Å². The molecule has 0 bridgehead atoms. The van der Waals surface area contributed by atoms with Crippen LogP contribution in [0.25, 0.3) is 0 Å². The number of esters is 1. The third-order valence-electron chi connectivity index (χ3n) is 4.56. The van der Waals surface area contributed by atoms with Crippen LogP contribution in [0.1, 0.15) is 34.0 Å². The Kier molecular flexibility index (Phi) is 8.12. The number of ether oxygens (including phenoxy) is 1. The quantitative estimate of drug-likeness (QED) is 0.578. The SMILES string of the molecule is CCOC(=O)c1ccccc1NC(=O)C[NH+](C)CC(=O)Nc1c(C)cc(C)cc1C. The van der Waals surface area contributed by atoms with Crippen molar-refractivity contribution in [1.82, 2.24) is 0 Å². The Bertz CT molecular complexity index is 917. The molecule has 0 aliphatic carbocycles. The van der Waals surface area contributed by atoms with Crippen molar-refractivity contribution in [3.05, 3.63) is 58.7 Å². The summed E-state index contributed by atoms with van der Waals surface area (Å²) >= 11 is 0. The molecule has 2 amide bonds. The lowest BCUT2D eigenvalue weighted by atomic mass is 10.1. The monoisotopic (exact) mass is 412 g/mol. The number of hydrogen-bond acceptors (Lipinski definition) is 4. The largest absolute Gasteiger partial charge is 0.462 e. The van der Waals surface area contributed by atoms with Crippen LogP contribution >= 0.6 is 0 Å². The first-order chi connectivity index (χ1) is 14.2. The van der Waals surface area contributed by atoms with Crippen LogP contribution in [-0.4, -0.2) is 44.5 Å². The Morgan fingerprint density at radius 1 is 0.933 bits per heavy atom. The van der Waals surface area contributed by atoms with Crippen LogP contribution in [0.3, 0.4) is 0 Å². The predicted octanol–water partition coefficient (Wildman–Crippen LogP) is 1.88. The third-order valence-corrected chi connectivity index (χ3v) is 4.56. The van der Waals surface area contributed by atoms with Gasteiger partial charge in [-0.1, -0.05) is 29.8 Å². The van der Waals surface area contributed by atoms with Gasteiger partial charge in [0.25, 0.3) is 11.8 Å². The van der Waals surface area contributed by atoms with E-state index in [1.165, 1.54) is 0 Å². The second-order valence-corrected chi connectivity index (χ2v) is 7.45. The number of hydrogen-bond donors (Lipinski definition) is 3. The highest BCUT2D eigenvalue weighted by atomic mass is 16.5. The molecule has 0 aliphatic heterocycles. The lowest BCUT2D eigenvalue weighted by molar-refractivity contribution is -0.862. The van der Waals surface area contributed by atoms with Gasteiger partial charge < -0.3 is 20.3 Å². The number of aryl methyl sites for hydroxylation is 3. The summed E-state index contributed by atoms with van der Waals surface area (Å²) in [5, 5.41) is 5.68. The van der Waals surface area contributed by atoms with E-state index < -0.39 is 5.97 Å². The molecule has 0 saturated carbocycles. The zero-order valence-electron chi connectivity index (χ0n) is 18.2. The van der Waals surface area contributed by atoms with E-state index in [1.54, 1.807) is 38.2 Å². The Balaban J connectivity index is 1.94. The van der Waals surface area contributed by atoms with Crippen LogP contribution < -0.4 is 15.5 Å². The molecule has 7 nitrogen and oxygen atoms in total. The first-order valence-electron chi connectivity index (χ1n) is 9.96. The Morgan fingerprint density at radius 2 is 1.50 bits per heavy atom. The van der Waals surface area contributed by atoms with Crippen molar-refractivity contribution >= 4 is 29.2 Å². The molecule has 2 aromatic rings. The van der Waals surface area contributed by atoms with Gasteiger partial charge in [-0.25, -0.2) is 4.79 Å². The Morgan fingerprint density at radius 3 is 2.10 bits per heavy atom. The van der Waals surface area contributed by atoms with E-state index in [9.17, 15) is 14.4 Å². The van der Waals surface area contributed by atoms with Crippen LogP contribution in [0.5, 0.6) is 0 Å². The highest BCUT2D eigenvalue weighted by molar-refractivity contribution is 6.01. The van der Waals surface area contributed by atoms with E-state index in [0.29, 0.717) is 11.3 Å². The number of carbonyl (C=O) groups excluding carboxylic acids is 3. The number of para-hydroxylation sites is 1. The maximum atomic E-state index is 12.4. The van der Waals surface area contributed by atoms with Gasteiger partial charge in [-0.2, -0.15) is 0 Å². The maximum absolute atomic E-state index is 12.4. The smallest absolute Gasteiger partial charge is 0.340 e. The Hall–Kier alpha value is -3.19. The third kappa shape index (κ3) is 6.42. The molecule has 0 spiro atoms. The van der Waals surface area contributed by atoms with Gasteiger partial charge in [-0.05, 0) is 51.0 Å². The topological polar surface area (TPSA) is 88.9 Å². The molecule has 160 valence electrons. The highest BCUT2D eigenvalue weighted by Crippen LogP contribution is 2.21. The number of quaternary nitrogens is 1. The number of likely N-dealkylation sites (N-methyl/N-ethyl adjacent to an activating group) is 1. The minimum atomic E-state index is -0.489. The van der Waals surface area contributed by atoms with Gasteiger partial charge >= 0.3 is 5.97 Å². The molecule has 30 heavy (non-hydrogen) atoms. The molecule has 2 rings (SSSR count). The van der Waals surface area contributed by atoms with E-state index in [2.05, 4.69) is 10.6 Å². The van der Waals surface area contributed by atoms with Crippen LogP contribution in [0.15, 0.2) is 36.4 Å². The van der Waals surface area contributed by atoms with Gasteiger partial charge in [-0.15, -0.1) is 0 Å². The fourth-order valence-corrected chi connectivity index (χ4v) is 3.34. The van der Waals surface area contributed by atoms with Crippen molar-refractivity contribution in [2.75, 3.05) is 37.4 Å². The van der Waals surface area contributed by atoms with Crippen LogP contribution in [-0.2, 0) is 14.3 Å². The van der Waals surface area contributed by atoms with E-state index in [0.717, 1.165) is 27.3 Å². The average molecular weight is 413 g/mol. The number of nitrogens with one attached hydrogen (secondary N) is 3. The molecule has 0 fully saturated rings. The summed E-state index contributed by atoms with van der Waals surface area (Å²) in [7, 11) is 1.77. The second kappa shape index (κ2) is 10.5. The zero-order chi connectivity index (χ0) is 22.3. The summed E-state index contributed by atoms with van der Waals surface area (Å²) in [5.41, 5.74) is 4.66. The van der Waals surface area contributed by atoms with Gasteiger partial charge in [0.15, 0.2) is 13.1 Å². The lowest BCUT2D eigenvalue weighted by Gasteiger charge is -2.16. The number of rotatable bonds is 8. The molecule has 0 radical (unpaired) electrons. The molecule has 1 atom stereocenters. The first kappa shape index (κ1) is 23.1. The van der Waals surface area contributed by atoms with Gasteiger partial charge in [-0.3, -0.25) is 9.59 Å². The molecule has 2 aromatic carbocycles. The summed E-state index contributed by atoms with van der Waals surface area (Å²) in [6.07, 6.45) is 0. The van der Waals surface area contributed by atoms with Gasteiger partial charge in [0.1, 0.15) is 0 Å². The number of carbonyl (C=O) groups is 3. The minimum absolute atomic E-state index is 0.0798. The zero-order valence-corrected chi connectivity index (χ0v) is 18.2. The summed E-state index contributed by atoms with van der Waals surface area (Å²) in [4.78, 5) is 37.6. The summed E-state index contributed by atoms with van der Waals surface area (Å²) in [6, 6.07) is 10.7. The molecule has 7 heteroatoms. The van der Waals surface area contributed by atoms with Gasteiger partial charge in [0.05, 0.1) is 24.9 Å². The van der Waals surface area contributed by atoms with Crippen LogP contribution in [0.2, 0.25) is 0 Å². The number of amides is 2. The number of anilines is 2. The van der Waals surface area contributed by atoms with E-state index in [-0.39, 0.29) is 31.5 Å². The maximum Gasteiger partial charge on any atom is 0.340 e. The highest BCUT2D eigenvalue weighted by Gasteiger charge is 2.18. The minimum Gasteiger partial charge on any atom is -0.462 e. The molecule has 0 heterocycles. The van der Waals surface area contributed by atoms with E-state index in [4.69, 9.17) is 4.74 Å². The molecule has 0 aromatic heterocycles. The van der Waals surface area contributed by atoms with E-state index in [1.807, 2.05) is 32.9 Å². The first-order valence-corrected chi connectivity index (χ1v) is 9.96. The fraction of sp³-hybridized carbons (Fsp3) is 0.348. The predicted molar refractivity (Wildman–Crippen MR) is 117 cm³/mol. The molecule has 0 aliphatic rings. The van der Waals surface area contributed by atoms with Crippen molar-refractivity contribution in [2.45, 2.75) is 27.7 Å². The van der Waals surface area contributed by atoms with Crippen molar-refractivity contribution in [2.24, 2.45) is 0 Å². The summed E-state index contributed by atoms with van der Waals surface area (Å²) < 4.78 is 5.02. The summed E-state index contributed by atoms with van der Waals surface area (Å²) in [6.45, 7) is 8.13. The van der Waals surface area contributed by atoms with Crippen molar-refractivity contribution in [3.63, 3.8) is 0 Å². The molecule has 0 saturated heterocycles. The van der Waals surface area contributed by atoms with Crippen molar-refractivity contribution in [1.29, 1.82) is 0 Å². The van der Waals surface area contributed by atoms with Gasteiger partial charge in [0, 0.05) is 5.69 Å². The van der Waals surface area contributed by atoms with Crippen LogP contribution in [0, 0.1) is 20.8 Å². The standard InChI is InChI=1S/C23H29N3O4/c1-6-30-23(29)18-9-7-8-10-19(18)24-20(27)13-26(5)14-21(28)25-22-16(3)11-15(2)12-17(22)4/h7-12H,6,13-14H2,1-5H3,(H,24,27)(H,25,28)/p+1. The molecule has 3 N–H and O–H groups in total. The molecular weight excluding hydrogens is 382 g/mol. The Labute approximate surface area is 177 Å².